The predicted molar refractivity (Wildman–Crippen MR) is 283 cm³/mol. The third-order valence-electron chi connectivity index (χ3n) is 13.4. The molecule has 0 spiro atoms. The van der Waals surface area contributed by atoms with Crippen molar-refractivity contribution >= 4 is 10.1 Å². The molecule has 2 aliphatic rings. The van der Waals surface area contributed by atoms with Gasteiger partial charge in [-0.1, -0.05) is 201 Å². The molecule has 0 aliphatic carbocycles. The van der Waals surface area contributed by atoms with Crippen molar-refractivity contribution in [2.24, 2.45) is 16.7 Å². The summed E-state index contributed by atoms with van der Waals surface area (Å²) in [6, 6.07) is 6.76. The number of hydrogen-bond donors (Lipinski definition) is 1. The van der Waals surface area contributed by atoms with Crippen molar-refractivity contribution in [2.75, 3.05) is 52.9 Å². The van der Waals surface area contributed by atoms with E-state index in [2.05, 4.69) is 41.5 Å². The summed E-state index contributed by atoms with van der Waals surface area (Å²) in [5, 5.41) is 9.15. The van der Waals surface area contributed by atoms with Gasteiger partial charge in [0.15, 0.2) is 11.6 Å². The Morgan fingerprint density at radius 1 is 0.559 bits per heavy atom. The van der Waals surface area contributed by atoms with Crippen LogP contribution in [0.15, 0.2) is 29.2 Å². The minimum absolute atomic E-state index is 0. The van der Waals surface area contributed by atoms with E-state index in [0.29, 0.717) is 13.2 Å². The SMILES string of the molecule is CCC1(CO)COC(C)(C)OC1.CCCCCC.CCCCCCCCC(CCCCCC)COCC1(CC)COC(C)(C)OC1.CCCCCCCCCCOS(=O)(=O)c1ccc(C)cc1.[H-].[Na+]. The van der Waals surface area contributed by atoms with E-state index in [4.69, 9.17) is 33.0 Å². The van der Waals surface area contributed by atoms with E-state index < -0.39 is 21.7 Å². The maximum absolute atomic E-state index is 11.9. The van der Waals surface area contributed by atoms with Crippen LogP contribution in [0.4, 0.5) is 0 Å². The summed E-state index contributed by atoms with van der Waals surface area (Å²) in [6.45, 7) is 30.0. The van der Waals surface area contributed by atoms with Crippen LogP contribution in [0, 0.1) is 23.7 Å². The monoisotopic (exact) mass is 995 g/mol. The maximum atomic E-state index is 11.9. The van der Waals surface area contributed by atoms with Gasteiger partial charge in [-0.15, -0.1) is 0 Å². The number of unbranched alkanes of at least 4 members (excludes halogenated alkanes) is 18. The van der Waals surface area contributed by atoms with Gasteiger partial charge in [0.25, 0.3) is 10.1 Å². The van der Waals surface area contributed by atoms with Gasteiger partial charge >= 0.3 is 29.6 Å². The quantitative estimate of drug-likeness (QED) is 0.0418. The van der Waals surface area contributed by atoms with Crippen LogP contribution in [0.25, 0.3) is 0 Å². The van der Waals surface area contributed by atoms with Gasteiger partial charge in [-0.3, -0.25) is 4.18 Å². The molecule has 1 aromatic carbocycles. The number of rotatable bonds is 33. The molecule has 2 saturated heterocycles. The van der Waals surface area contributed by atoms with Gasteiger partial charge in [0.2, 0.25) is 0 Å². The fraction of sp³-hybridized carbons (Fsp3) is 0.895. The summed E-state index contributed by atoms with van der Waals surface area (Å²) in [7, 11) is -3.58. The number of aliphatic hydroxyl groups is 1. The Labute approximate surface area is 445 Å². The second kappa shape index (κ2) is 42.3. The molecule has 11 heteroatoms. The van der Waals surface area contributed by atoms with Gasteiger partial charge in [0, 0.05) is 17.4 Å². The van der Waals surface area contributed by atoms with E-state index in [1.165, 1.54) is 135 Å². The molecule has 1 unspecified atom stereocenters. The first kappa shape index (κ1) is 70.0. The number of hydrogen-bond acceptors (Lipinski definition) is 9. The molecule has 0 bridgehead atoms. The van der Waals surface area contributed by atoms with Crippen molar-refractivity contribution in [3.05, 3.63) is 29.8 Å². The zero-order valence-electron chi connectivity index (χ0n) is 48.0. The van der Waals surface area contributed by atoms with E-state index in [1.807, 2.05) is 41.5 Å². The average Bonchev–Trinajstić information content (AvgIpc) is 3.31. The van der Waals surface area contributed by atoms with E-state index in [1.54, 1.807) is 24.3 Å². The molecular weight excluding hydrogens is 884 g/mol. The Bertz CT molecular complexity index is 1350. The molecule has 2 heterocycles. The van der Waals surface area contributed by atoms with E-state index in [-0.39, 0.29) is 59.9 Å². The minimum atomic E-state index is -3.58. The molecule has 0 aromatic heterocycles. The van der Waals surface area contributed by atoms with Gasteiger partial charge in [-0.25, -0.2) is 0 Å². The van der Waals surface area contributed by atoms with Crippen molar-refractivity contribution in [2.45, 2.75) is 266 Å². The van der Waals surface area contributed by atoms with E-state index in [9.17, 15) is 8.42 Å². The van der Waals surface area contributed by atoms with E-state index >= 15 is 0 Å². The molecule has 0 amide bonds. The third kappa shape index (κ3) is 35.1. The maximum Gasteiger partial charge on any atom is 1.00 e. The Morgan fingerprint density at radius 3 is 1.31 bits per heavy atom. The summed E-state index contributed by atoms with van der Waals surface area (Å²) in [4.78, 5) is 0.243. The molecule has 9 nitrogen and oxygen atoms in total. The van der Waals surface area contributed by atoms with Gasteiger partial charge in [0.05, 0.1) is 51.1 Å². The summed E-state index contributed by atoms with van der Waals surface area (Å²) < 4.78 is 58.0. The van der Waals surface area contributed by atoms with Gasteiger partial charge in [0.1, 0.15) is 0 Å². The first-order chi connectivity index (χ1) is 32.0. The first-order valence-electron chi connectivity index (χ1n) is 27.7. The fourth-order valence-electron chi connectivity index (χ4n) is 7.77. The van der Waals surface area contributed by atoms with Crippen molar-refractivity contribution in [1.82, 2.24) is 0 Å². The Hall–Kier alpha value is -0.110. The molecule has 68 heavy (non-hydrogen) atoms. The van der Waals surface area contributed by atoms with Crippen molar-refractivity contribution < 1.29 is 72.4 Å². The van der Waals surface area contributed by atoms with Crippen molar-refractivity contribution in [3.63, 3.8) is 0 Å². The topological polar surface area (TPSA) is 110 Å². The molecule has 0 radical (unpaired) electrons. The summed E-state index contributed by atoms with van der Waals surface area (Å²) in [5.41, 5.74) is 0.898. The standard InChI is InChI=1S/C25H50O3.C17H28O3S.C9H18O3.C6H14.Na.H/c1-6-9-11-13-14-16-18-23(17-15-12-10-7-2)19-26-20-25(8-3)21-27-24(4,5)28-22-25;1-3-4-5-6-7-8-9-10-15-20-21(18,19)17-13-11-16(2)12-14-17;1-4-9(5-10)6-11-8(2,3)12-7-9;1-3-5-6-4-2;;/h23H,6-22H2,1-5H3;11-14H,3-10,15H2,1-2H3;10H,4-7H2,1-3H3;3-6H2,1-2H3;;/q;;;;+1;-1. The number of aliphatic hydroxyl groups excluding tert-OH is 1. The van der Waals surface area contributed by atoms with Crippen LogP contribution in [-0.2, 0) is 38.0 Å². The second-order valence-corrected chi connectivity index (χ2v) is 22.5. The molecule has 1 atom stereocenters. The van der Waals surface area contributed by atoms with Crippen LogP contribution in [-0.4, -0.2) is 78.0 Å². The first-order valence-corrected chi connectivity index (χ1v) is 29.1. The molecular formula is C57H111NaO9S. The fourth-order valence-corrected chi connectivity index (χ4v) is 8.72. The molecule has 3 rings (SSSR count). The molecule has 400 valence electrons. The van der Waals surface area contributed by atoms with Crippen molar-refractivity contribution in [1.29, 1.82) is 0 Å². The average molecular weight is 996 g/mol. The van der Waals surface area contributed by atoms with Crippen LogP contribution in [0.3, 0.4) is 0 Å². The van der Waals surface area contributed by atoms with Crippen LogP contribution in [0.2, 0.25) is 0 Å². The molecule has 1 aromatic rings. The summed E-state index contributed by atoms with van der Waals surface area (Å²) >= 11 is 0. The third-order valence-corrected chi connectivity index (χ3v) is 14.8. The minimum Gasteiger partial charge on any atom is -1.00 e. The number of benzene rings is 1. The second-order valence-electron chi connectivity index (χ2n) is 20.9. The zero-order valence-corrected chi connectivity index (χ0v) is 49.9. The van der Waals surface area contributed by atoms with Crippen LogP contribution >= 0.6 is 0 Å². The van der Waals surface area contributed by atoms with Crippen LogP contribution < -0.4 is 29.6 Å². The van der Waals surface area contributed by atoms with Gasteiger partial charge in [-0.2, -0.15) is 8.42 Å². The van der Waals surface area contributed by atoms with E-state index in [0.717, 1.165) is 70.0 Å². The smallest absolute Gasteiger partial charge is 1.00 e. The Balaban J connectivity index is -0.000000931. The van der Waals surface area contributed by atoms with Crippen LogP contribution in [0.5, 0.6) is 0 Å². The zero-order chi connectivity index (χ0) is 50.3. The van der Waals surface area contributed by atoms with Crippen molar-refractivity contribution in [3.8, 4) is 0 Å². The predicted octanol–water partition coefficient (Wildman–Crippen LogP) is 13.2. The molecule has 1 N–H and O–H groups in total. The van der Waals surface area contributed by atoms with Gasteiger partial charge < -0.3 is 30.2 Å². The largest absolute Gasteiger partial charge is 1.00 e. The molecule has 2 aliphatic heterocycles. The molecule has 2 fully saturated rings. The van der Waals surface area contributed by atoms with Gasteiger partial charge in [-0.05, 0) is 84.8 Å². The summed E-state index contributed by atoms with van der Waals surface area (Å²) in [5.74, 6) is -0.203. The Morgan fingerprint density at radius 2 is 0.912 bits per heavy atom. The number of ether oxygens (including phenoxy) is 5. The normalized spacial score (nSPS) is 17.2. The van der Waals surface area contributed by atoms with Crippen LogP contribution in [0.1, 0.15) is 250 Å². The Kier molecular flexibility index (Phi) is 43.5. The molecule has 0 saturated carbocycles. The summed E-state index contributed by atoms with van der Waals surface area (Å²) in [6.07, 6.45) is 33.3. The number of aryl methyl sites for hydroxylation is 1.